The molecule has 0 amide bonds. The standard InChI is InChI=1S/C36H76O5Si5/c1-34-22-20-28(38-43(6,7)8)24-27(34)18-19-29-30-21-23-36(41-46(15,16)17,32(40-45(12,13)14)26-37-42(3,4)5)35(30,2)25-31(33(29)34)39-44(9,10)11/h27-33H,18-26H2,1-17H3/t27?,28?,29-,30-,31?,32?,33+,34-,35-,36-/m0/s1. The van der Waals surface area contributed by atoms with Gasteiger partial charge in [-0.3, -0.25) is 0 Å². The van der Waals surface area contributed by atoms with Crippen molar-refractivity contribution in [3.05, 3.63) is 0 Å². The van der Waals surface area contributed by atoms with Gasteiger partial charge in [0.05, 0.1) is 18.3 Å². The third-order valence-electron chi connectivity index (χ3n) is 11.9. The molecule has 0 bridgehead atoms. The van der Waals surface area contributed by atoms with E-state index < -0.39 is 41.6 Å². The Morgan fingerprint density at radius 2 is 1.26 bits per heavy atom. The smallest absolute Gasteiger partial charge is 0.184 e. The first-order valence-corrected chi connectivity index (χ1v) is 36.0. The SMILES string of the molecule is C[C@]12CCC(O[Si](C)(C)C)CC1CC[C@@H]1[C@@H]2C(O[Si](C)(C)C)C[C@@]2(C)[C@H]1CC[C@]2(O[Si](C)(C)C)C(CO[Si](C)(C)C)O[Si](C)(C)C. The first kappa shape index (κ1) is 39.7. The van der Waals surface area contributed by atoms with Crippen LogP contribution in [0.5, 0.6) is 0 Å². The first-order valence-electron chi connectivity index (χ1n) is 19.0. The molecule has 0 aromatic rings. The van der Waals surface area contributed by atoms with Crippen molar-refractivity contribution in [3.8, 4) is 0 Å². The van der Waals surface area contributed by atoms with Crippen LogP contribution in [0, 0.1) is 34.5 Å². The van der Waals surface area contributed by atoms with Crippen LogP contribution in [0.1, 0.15) is 65.2 Å². The fraction of sp³-hybridized carbons (Fsp3) is 1.00. The van der Waals surface area contributed by atoms with Crippen LogP contribution in [0.15, 0.2) is 0 Å². The molecule has 46 heavy (non-hydrogen) atoms. The molecule has 0 N–H and O–H groups in total. The quantitative estimate of drug-likeness (QED) is 0.187. The van der Waals surface area contributed by atoms with Crippen LogP contribution in [-0.2, 0) is 22.1 Å². The van der Waals surface area contributed by atoms with Gasteiger partial charge in [-0.25, -0.2) is 0 Å². The van der Waals surface area contributed by atoms with E-state index in [-0.39, 0.29) is 23.2 Å². The number of fused-ring (bicyclic) bond motifs is 5. The van der Waals surface area contributed by atoms with E-state index in [4.69, 9.17) is 22.1 Å². The van der Waals surface area contributed by atoms with Crippen LogP contribution in [0.3, 0.4) is 0 Å². The molecule has 4 unspecified atom stereocenters. The van der Waals surface area contributed by atoms with Gasteiger partial charge in [0.25, 0.3) is 0 Å². The summed E-state index contributed by atoms with van der Waals surface area (Å²) in [5, 5.41) is 0. The fourth-order valence-electron chi connectivity index (χ4n) is 10.8. The second-order valence-corrected chi connectivity index (χ2v) is 43.7. The Bertz CT molecular complexity index is 1060. The Kier molecular flexibility index (Phi) is 11.3. The van der Waals surface area contributed by atoms with Gasteiger partial charge in [0.2, 0.25) is 0 Å². The van der Waals surface area contributed by atoms with Gasteiger partial charge < -0.3 is 22.1 Å². The summed E-state index contributed by atoms with van der Waals surface area (Å²) >= 11 is 0. The summed E-state index contributed by atoms with van der Waals surface area (Å²) in [6, 6.07) is 0. The monoisotopic (exact) mass is 728 g/mol. The molecule has 4 fully saturated rings. The average Bonchev–Trinajstić information content (AvgIpc) is 3.09. The lowest BCUT2D eigenvalue weighted by atomic mass is 9.43. The summed E-state index contributed by atoms with van der Waals surface area (Å²) in [4.78, 5) is 0. The first-order chi connectivity index (χ1) is 20.6. The summed E-state index contributed by atoms with van der Waals surface area (Å²) < 4.78 is 36.0. The van der Waals surface area contributed by atoms with E-state index in [1.54, 1.807) is 0 Å². The molecular formula is C36H76O5Si5. The molecule has 0 heterocycles. The lowest BCUT2D eigenvalue weighted by Crippen LogP contribution is -2.68. The molecule has 4 aliphatic rings. The van der Waals surface area contributed by atoms with E-state index in [0.29, 0.717) is 35.9 Å². The minimum absolute atomic E-state index is 0.0206. The molecule has 4 rings (SSSR count). The highest BCUT2D eigenvalue weighted by molar-refractivity contribution is 6.71. The summed E-state index contributed by atoms with van der Waals surface area (Å²) in [5.74, 6) is 2.65. The van der Waals surface area contributed by atoms with Crippen LogP contribution in [0.25, 0.3) is 0 Å². The molecule has 270 valence electrons. The Hall–Kier alpha value is 0.884. The predicted octanol–water partition coefficient (Wildman–Crippen LogP) is 10.7. The number of rotatable bonds is 12. The lowest BCUT2D eigenvalue weighted by Gasteiger charge is -2.66. The maximum atomic E-state index is 7.70. The Labute approximate surface area is 291 Å². The summed E-state index contributed by atoms with van der Waals surface area (Å²) in [6.45, 7) is 41.5. The van der Waals surface area contributed by atoms with Crippen LogP contribution in [-0.4, -0.2) is 72.1 Å². The van der Waals surface area contributed by atoms with E-state index in [0.717, 1.165) is 18.8 Å². The van der Waals surface area contributed by atoms with Crippen molar-refractivity contribution < 1.29 is 22.1 Å². The molecule has 10 heteroatoms. The molecule has 5 nitrogen and oxygen atoms in total. The highest BCUT2D eigenvalue weighted by atomic mass is 28.4. The summed E-state index contributed by atoms with van der Waals surface area (Å²) in [7, 11) is -9.03. The van der Waals surface area contributed by atoms with Gasteiger partial charge in [0, 0.05) is 17.6 Å². The van der Waals surface area contributed by atoms with Crippen LogP contribution < -0.4 is 0 Å². The maximum Gasteiger partial charge on any atom is 0.184 e. The number of hydrogen-bond donors (Lipinski definition) is 0. The van der Waals surface area contributed by atoms with Gasteiger partial charge in [0.15, 0.2) is 41.6 Å². The largest absolute Gasteiger partial charge is 0.415 e. The maximum absolute atomic E-state index is 7.70. The van der Waals surface area contributed by atoms with E-state index in [1.807, 2.05) is 0 Å². The summed E-state index contributed by atoms with van der Waals surface area (Å²) in [5.41, 5.74) is -0.0597. The molecule has 4 saturated carbocycles. The third kappa shape index (κ3) is 8.84. The highest BCUT2D eigenvalue weighted by Crippen LogP contribution is 2.70. The van der Waals surface area contributed by atoms with Gasteiger partial charge in [-0.05, 0) is 179 Å². The molecule has 0 spiro atoms. The van der Waals surface area contributed by atoms with Crippen molar-refractivity contribution in [2.75, 3.05) is 6.61 Å². The predicted molar refractivity (Wildman–Crippen MR) is 208 cm³/mol. The van der Waals surface area contributed by atoms with Gasteiger partial charge in [0.1, 0.15) is 0 Å². The zero-order valence-corrected chi connectivity index (χ0v) is 38.4. The number of hydrogen-bond acceptors (Lipinski definition) is 5. The molecule has 10 atom stereocenters. The molecule has 0 aromatic carbocycles. The minimum Gasteiger partial charge on any atom is -0.415 e. The molecule has 4 aliphatic carbocycles. The van der Waals surface area contributed by atoms with Crippen molar-refractivity contribution in [3.63, 3.8) is 0 Å². The Morgan fingerprint density at radius 3 is 1.78 bits per heavy atom. The summed E-state index contributed by atoms with van der Waals surface area (Å²) in [6.07, 6.45) is 10.5. The zero-order valence-electron chi connectivity index (χ0n) is 33.4. The molecule has 0 aliphatic heterocycles. The van der Waals surface area contributed by atoms with E-state index in [9.17, 15) is 0 Å². The van der Waals surface area contributed by atoms with Crippen LogP contribution >= 0.6 is 0 Å². The zero-order chi connectivity index (χ0) is 34.9. The molecule has 0 radical (unpaired) electrons. The van der Waals surface area contributed by atoms with Crippen molar-refractivity contribution in [2.24, 2.45) is 34.5 Å². The van der Waals surface area contributed by atoms with Crippen molar-refractivity contribution >= 4 is 41.6 Å². The fourth-order valence-corrected chi connectivity index (χ4v) is 16.5. The van der Waals surface area contributed by atoms with Crippen LogP contribution in [0.2, 0.25) is 98.2 Å². The van der Waals surface area contributed by atoms with Crippen molar-refractivity contribution in [2.45, 2.75) is 187 Å². The Morgan fingerprint density at radius 1 is 0.652 bits per heavy atom. The minimum atomic E-state index is -1.97. The van der Waals surface area contributed by atoms with Gasteiger partial charge >= 0.3 is 0 Å². The van der Waals surface area contributed by atoms with E-state index in [1.165, 1.54) is 38.5 Å². The van der Waals surface area contributed by atoms with Crippen molar-refractivity contribution in [1.82, 2.24) is 0 Å². The van der Waals surface area contributed by atoms with E-state index in [2.05, 4.69) is 112 Å². The molecular weight excluding hydrogens is 653 g/mol. The normalized spacial score (nSPS) is 39.8. The average molecular weight is 729 g/mol. The molecule has 0 aromatic heterocycles. The van der Waals surface area contributed by atoms with E-state index >= 15 is 0 Å². The lowest BCUT2D eigenvalue weighted by molar-refractivity contribution is -0.212. The van der Waals surface area contributed by atoms with Gasteiger partial charge in [-0.2, -0.15) is 0 Å². The topological polar surface area (TPSA) is 46.2 Å². The Balaban J connectivity index is 1.80. The molecule has 0 saturated heterocycles. The van der Waals surface area contributed by atoms with Gasteiger partial charge in [-0.15, -0.1) is 0 Å². The third-order valence-corrected chi connectivity index (χ3v) is 17.0. The van der Waals surface area contributed by atoms with Gasteiger partial charge in [-0.1, -0.05) is 13.8 Å². The second kappa shape index (κ2) is 13.1. The second-order valence-electron chi connectivity index (χ2n) is 21.4. The van der Waals surface area contributed by atoms with Crippen LogP contribution in [0.4, 0.5) is 0 Å². The van der Waals surface area contributed by atoms with Crippen molar-refractivity contribution in [1.29, 1.82) is 0 Å². The highest BCUT2D eigenvalue weighted by Gasteiger charge is 2.71.